The third-order valence-corrected chi connectivity index (χ3v) is 5.91. The van der Waals surface area contributed by atoms with Crippen molar-refractivity contribution < 1.29 is 9.59 Å². The number of carbonyl (C=O) groups is 2. The van der Waals surface area contributed by atoms with Crippen LogP contribution in [0.3, 0.4) is 0 Å². The molecule has 24 heavy (non-hydrogen) atoms. The topological polar surface area (TPSA) is 58.2 Å². The Morgan fingerprint density at radius 2 is 1.83 bits per heavy atom. The Kier molecular flexibility index (Phi) is 4.30. The van der Waals surface area contributed by atoms with E-state index in [4.69, 9.17) is 0 Å². The van der Waals surface area contributed by atoms with Crippen LogP contribution in [0.5, 0.6) is 0 Å². The second-order valence-corrected chi connectivity index (χ2v) is 7.82. The van der Waals surface area contributed by atoms with E-state index < -0.39 is 6.04 Å². The monoisotopic (exact) mass is 326 g/mol. The molecule has 0 spiro atoms. The summed E-state index contributed by atoms with van der Waals surface area (Å²) in [7, 11) is 0. The van der Waals surface area contributed by atoms with E-state index in [2.05, 4.69) is 10.6 Å². The van der Waals surface area contributed by atoms with Crippen molar-refractivity contribution in [3.63, 3.8) is 0 Å². The molecule has 0 unspecified atom stereocenters. The highest BCUT2D eigenvalue weighted by Gasteiger charge is 2.43. The molecule has 1 aromatic carbocycles. The molecule has 0 aromatic heterocycles. The van der Waals surface area contributed by atoms with Gasteiger partial charge >= 0.3 is 0 Å². The first-order valence-electron chi connectivity index (χ1n) is 9.33. The lowest BCUT2D eigenvalue weighted by Crippen LogP contribution is -2.50. The fourth-order valence-electron chi connectivity index (χ4n) is 4.43. The molecule has 2 N–H and O–H groups in total. The van der Waals surface area contributed by atoms with Crippen molar-refractivity contribution in [2.75, 3.05) is 0 Å². The lowest BCUT2D eigenvalue weighted by molar-refractivity contribution is -0.132. The summed E-state index contributed by atoms with van der Waals surface area (Å²) in [6, 6.07) is 9.81. The number of hydrogen-bond donors (Lipinski definition) is 2. The SMILES string of the molecule is O=C(NC1CC1)[C@H](Cc1ccccc1)NC(=O)[C@@H]1C[C@H]2CC[C@H]1C2. The molecule has 128 valence electrons. The number of amides is 2. The third kappa shape index (κ3) is 3.47. The van der Waals surface area contributed by atoms with Crippen LogP contribution < -0.4 is 10.6 Å². The van der Waals surface area contributed by atoms with E-state index in [1.807, 2.05) is 30.3 Å². The Labute approximate surface area is 143 Å². The molecule has 0 heterocycles. The minimum absolute atomic E-state index is 0.0298. The van der Waals surface area contributed by atoms with Crippen LogP contribution in [0.1, 0.15) is 44.1 Å². The van der Waals surface area contributed by atoms with Crippen molar-refractivity contribution in [2.24, 2.45) is 17.8 Å². The molecule has 4 atom stereocenters. The van der Waals surface area contributed by atoms with Gasteiger partial charge < -0.3 is 10.6 Å². The average Bonchev–Trinajstić information content (AvgIpc) is 3.15. The quantitative estimate of drug-likeness (QED) is 0.843. The van der Waals surface area contributed by atoms with Gasteiger partial charge in [-0.15, -0.1) is 0 Å². The Morgan fingerprint density at radius 3 is 2.46 bits per heavy atom. The van der Waals surface area contributed by atoms with Crippen molar-refractivity contribution in [1.82, 2.24) is 10.6 Å². The number of fused-ring (bicyclic) bond motifs is 2. The average molecular weight is 326 g/mol. The van der Waals surface area contributed by atoms with E-state index in [-0.39, 0.29) is 17.7 Å². The van der Waals surface area contributed by atoms with Gasteiger partial charge in [-0.25, -0.2) is 0 Å². The van der Waals surface area contributed by atoms with Gasteiger partial charge in [0.15, 0.2) is 0 Å². The summed E-state index contributed by atoms with van der Waals surface area (Å²) in [4.78, 5) is 25.3. The highest BCUT2D eigenvalue weighted by Crippen LogP contribution is 2.48. The van der Waals surface area contributed by atoms with Gasteiger partial charge in [-0.05, 0) is 49.5 Å². The summed E-state index contributed by atoms with van der Waals surface area (Å²) in [5, 5.41) is 6.12. The molecule has 3 aliphatic rings. The first kappa shape index (κ1) is 15.7. The maximum Gasteiger partial charge on any atom is 0.243 e. The lowest BCUT2D eigenvalue weighted by atomic mass is 9.88. The van der Waals surface area contributed by atoms with Crippen molar-refractivity contribution in [3.8, 4) is 0 Å². The molecule has 0 aliphatic heterocycles. The molecule has 2 amide bonds. The number of carbonyl (C=O) groups excluding carboxylic acids is 2. The molecule has 2 bridgehead atoms. The maximum atomic E-state index is 12.8. The van der Waals surface area contributed by atoms with Gasteiger partial charge in [0.25, 0.3) is 0 Å². The number of hydrogen-bond acceptors (Lipinski definition) is 2. The first-order valence-corrected chi connectivity index (χ1v) is 9.33. The third-order valence-electron chi connectivity index (χ3n) is 5.91. The van der Waals surface area contributed by atoms with Crippen molar-refractivity contribution in [2.45, 2.75) is 57.0 Å². The number of nitrogens with one attached hydrogen (secondary N) is 2. The molecule has 3 aliphatic carbocycles. The maximum absolute atomic E-state index is 12.8. The van der Waals surface area contributed by atoms with Crippen molar-refractivity contribution in [1.29, 1.82) is 0 Å². The minimum Gasteiger partial charge on any atom is -0.352 e. The largest absolute Gasteiger partial charge is 0.352 e. The summed E-state index contributed by atoms with van der Waals surface area (Å²) >= 11 is 0. The molecular weight excluding hydrogens is 300 g/mol. The fourth-order valence-corrected chi connectivity index (χ4v) is 4.43. The highest BCUT2D eigenvalue weighted by atomic mass is 16.2. The van der Waals surface area contributed by atoms with Crippen LogP contribution in [0.2, 0.25) is 0 Å². The molecule has 3 saturated carbocycles. The predicted molar refractivity (Wildman–Crippen MR) is 92.2 cm³/mol. The smallest absolute Gasteiger partial charge is 0.243 e. The lowest BCUT2D eigenvalue weighted by Gasteiger charge is -2.25. The van der Waals surface area contributed by atoms with Gasteiger partial charge in [-0.2, -0.15) is 0 Å². The Morgan fingerprint density at radius 1 is 1.04 bits per heavy atom. The zero-order valence-corrected chi connectivity index (χ0v) is 14.0. The van der Waals surface area contributed by atoms with Crippen molar-refractivity contribution >= 4 is 11.8 Å². The van der Waals surface area contributed by atoms with Gasteiger partial charge in [0.2, 0.25) is 11.8 Å². The summed E-state index contributed by atoms with van der Waals surface area (Å²) in [6.45, 7) is 0. The van der Waals surface area contributed by atoms with Crippen molar-refractivity contribution in [3.05, 3.63) is 35.9 Å². The highest BCUT2D eigenvalue weighted by molar-refractivity contribution is 5.89. The van der Waals surface area contributed by atoms with E-state index in [0.717, 1.165) is 30.7 Å². The standard InChI is InChI=1S/C20H26N2O2/c23-19(17-11-14-6-7-15(17)10-14)22-18(20(24)21-16-8-9-16)12-13-4-2-1-3-5-13/h1-5,14-18H,6-12H2,(H,21,24)(H,22,23)/t14-,15-,17+,18-/m0/s1. The number of benzene rings is 1. The summed E-state index contributed by atoms with van der Waals surface area (Å²) in [5.74, 6) is 1.46. The first-order chi connectivity index (χ1) is 11.7. The molecule has 0 radical (unpaired) electrons. The summed E-state index contributed by atoms with van der Waals surface area (Å²) in [6.07, 6.45) is 7.36. The van der Waals surface area contributed by atoms with Crippen LogP contribution in [0.25, 0.3) is 0 Å². The molecule has 4 heteroatoms. The van der Waals surface area contributed by atoms with E-state index in [1.54, 1.807) is 0 Å². The molecule has 4 rings (SSSR count). The fraction of sp³-hybridized carbons (Fsp3) is 0.600. The molecule has 1 aromatic rings. The van der Waals surface area contributed by atoms with E-state index in [1.165, 1.54) is 19.3 Å². The van der Waals surface area contributed by atoms with Crippen LogP contribution >= 0.6 is 0 Å². The normalized spacial score (nSPS) is 29.2. The van der Waals surface area contributed by atoms with Gasteiger partial charge in [0.05, 0.1) is 0 Å². The zero-order valence-electron chi connectivity index (χ0n) is 14.0. The van der Waals surface area contributed by atoms with Crippen LogP contribution in [-0.2, 0) is 16.0 Å². The predicted octanol–water partition coefficient (Wildman–Crippen LogP) is 2.43. The van der Waals surface area contributed by atoms with Crippen LogP contribution in [0.15, 0.2) is 30.3 Å². The van der Waals surface area contributed by atoms with Gasteiger partial charge in [-0.1, -0.05) is 36.8 Å². The second-order valence-electron chi connectivity index (χ2n) is 7.82. The van der Waals surface area contributed by atoms with Gasteiger partial charge in [0, 0.05) is 18.4 Å². The summed E-state index contributed by atoms with van der Waals surface area (Å²) in [5.41, 5.74) is 1.08. The second kappa shape index (κ2) is 6.58. The van der Waals surface area contributed by atoms with Gasteiger partial charge in [-0.3, -0.25) is 9.59 Å². The van der Waals surface area contributed by atoms with E-state index in [0.29, 0.717) is 18.4 Å². The van der Waals surface area contributed by atoms with Crippen LogP contribution in [0, 0.1) is 17.8 Å². The zero-order chi connectivity index (χ0) is 16.5. The minimum atomic E-state index is -0.459. The van der Waals surface area contributed by atoms with E-state index in [9.17, 15) is 9.59 Å². The summed E-state index contributed by atoms with van der Waals surface area (Å²) < 4.78 is 0. The molecule has 0 saturated heterocycles. The van der Waals surface area contributed by atoms with E-state index >= 15 is 0 Å². The van der Waals surface area contributed by atoms with Crippen LogP contribution in [0.4, 0.5) is 0 Å². The molecule has 4 nitrogen and oxygen atoms in total. The Bertz CT molecular complexity index is 611. The Balaban J connectivity index is 1.42. The number of rotatable bonds is 6. The Hall–Kier alpha value is -1.84. The van der Waals surface area contributed by atoms with Crippen LogP contribution in [-0.4, -0.2) is 23.9 Å². The molecular formula is C20H26N2O2. The molecule has 3 fully saturated rings. The van der Waals surface area contributed by atoms with Gasteiger partial charge in [0.1, 0.15) is 6.04 Å².